The number of carboxylic acids is 1. The molecule has 0 aliphatic carbocycles. The summed E-state index contributed by atoms with van der Waals surface area (Å²) >= 11 is 0. The third-order valence-corrected chi connectivity index (χ3v) is 3.63. The lowest BCUT2D eigenvalue weighted by molar-refractivity contribution is -0.147. The van der Waals surface area contributed by atoms with Crippen molar-refractivity contribution in [2.24, 2.45) is 0 Å². The van der Waals surface area contributed by atoms with Crippen LogP contribution in [0.2, 0.25) is 0 Å². The van der Waals surface area contributed by atoms with Gasteiger partial charge in [0, 0.05) is 12.6 Å². The summed E-state index contributed by atoms with van der Waals surface area (Å²) < 4.78 is 10.4. The number of aryl methyl sites for hydroxylation is 1. The average Bonchev–Trinajstić information content (AvgIpc) is 2.44. The Morgan fingerprint density at radius 3 is 2.05 bits per heavy atom. The van der Waals surface area contributed by atoms with Gasteiger partial charge in [-0.25, -0.2) is 4.79 Å². The third-order valence-electron chi connectivity index (χ3n) is 3.63. The number of rotatable bonds is 5. The number of nitrogens with zero attached hydrogens (tertiary/aromatic N) is 1. The molecule has 6 heteroatoms. The van der Waals surface area contributed by atoms with E-state index in [1.165, 1.54) is 40.0 Å². The third kappa shape index (κ3) is 3.09. The number of ether oxygens (including phenoxy) is 2. The zero-order chi connectivity index (χ0) is 16.4. The molecule has 0 heterocycles. The van der Waals surface area contributed by atoms with Crippen LogP contribution in [-0.2, 0) is 4.79 Å². The van der Waals surface area contributed by atoms with Gasteiger partial charge in [-0.1, -0.05) is 0 Å². The van der Waals surface area contributed by atoms with Crippen molar-refractivity contribution in [3.05, 3.63) is 23.3 Å². The Labute approximate surface area is 124 Å². The molecule has 21 heavy (non-hydrogen) atoms. The van der Waals surface area contributed by atoms with E-state index in [-0.39, 0.29) is 5.91 Å². The van der Waals surface area contributed by atoms with Crippen molar-refractivity contribution < 1.29 is 24.2 Å². The highest BCUT2D eigenvalue weighted by atomic mass is 16.5. The number of carbonyl (C=O) groups excluding carboxylic acids is 1. The van der Waals surface area contributed by atoms with Gasteiger partial charge in [-0.05, 0) is 38.5 Å². The lowest BCUT2D eigenvalue weighted by Gasteiger charge is -2.32. The van der Waals surface area contributed by atoms with Gasteiger partial charge < -0.3 is 19.5 Å². The second-order valence-electron chi connectivity index (χ2n) is 5.25. The molecule has 0 saturated carbocycles. The van der Waals surface area contributed by atoms with Gasteiger partial charge in [0.25, 0.3) is 5.91 Å². The van der Waals surface area contributed by atoms with Crippen LogP contribution in [0, 0.1) is 6.92 Å². The predicted octanol–water partition coefficient (Wildman–Crippen LogP) is 1.95. The van der Waals surface area contributed by atoms with Crippen molar-refractivity contribution in [2.45, 2.75) is 26.3 Å². The molecule has 0 saturated heterocycles. The molecule has 0 aliphatic heterocycles. The maximum absolute atomic E-state index is 12.6. The summed E-state index contributed by atoms with van der Waals surface area (Å²) in [6.45, 7) is 4.71. The number of amides is 1. The fourth-order valence-electron chi connectivity index (χ4n) is 1.79. The maximum atomic E-state index is 12.6. The van der Waals surface area contributed by atoms with Gasteiger partial charge in [-0.3, -0.25) is 4.79 Å². The average molecular weight is 295 g/mol. The Kier molecular flexibility index (Phi) is 4.83. The zero-order valence-electron chi connectivity index (χ0n) is 13.2. The van der Waals surface area contributed by atoms with Crippen LogP contribution in [0.1, 0.15) is 29.8 Å². The number of likely N-dealkylation sites (N-methyl/N-ethyl adjacent to an activating group) is 1. The molecule has 0 aliphatic rings. The van der Waals surface area contributed by atoms with Gasteiger partial charge >= 0.3 is 5.97 Å². The largest absolute Gasteiger partial charge is 0.493 e. The fraction of sp³-hybridized carbons (Fsp3) is 0.467. The molecule has 1 rings (SSSR count). The number of carbonyl (C=O) groups is 2. The van der Waals surface area contributed by atoms with Crippen LogP contribution < -0.4 is 9.47 Å². The first-order valence-electron chi connectivity index (χ1n) is 6.41. The SMILES string of the molecule is COc1cc(C)c(C(=O)N(C)C(C)(C)C(=O)O)cc1OC. The zero-order valence-corrected chi connectivity index (χ0v) is 13.2. The lowest BCUT2D eigenvalue weighted by atomic mass is 10.0. The molecule has 0 fully saturated rings. The van der Waals surface area contributed by atoms with Crippen LogP contribution in [0.5, 0.6) is 11.5 Å². The van der Waals surface area contributed by atoms with E-state index in [4.69, 9.17) is 9.47 Å². The van der Waals surface area contributed by atoms with Gasteiger partial charge in [0.05, 0.1) is 14.2 Å². The standard InChI is InChI=1S/C15H21NO5/c1-9-7-11(20-5)12(21-6)8-10(9)13(17)16(4)15(2,3)14(18)19/h7-8H,1-6H3,(H,18,19). The summed E-state index contributed by atoms with van der Waals surface area (Å²) in [5, 5.41) is 9.22. The number of benzene rings is 1. The summed E-state index contributed by atoms with van der Waals surface area (Å²) in [6.07, 6.45) is 0. The van der Waals surface area contributed by atoms with Crippen LogP contribution in [0.15, 0.2) is 12.1 Å². The highest BCUT2D eigenvalue weighted by Crippen LogP contribution is 2.31. The number of hydrogen-bond acceptors (Lipinski definition) is 4. The topological polar surface area (TPSA) is 76.1 Å². The summed E-state index contributed by atoms with van der Waals surface area (Å²) in [5.41, 5.74) is -0.244. The van der Waals surface area contributed by atoms with Crippen LogP contribution in [0.3, 0.4) is 0 Å². The number of carboxylic acid groups (broad SMARTS) is 1. The molecule has 1 N–H and O–H groups in total. The summed E-state index contributed by atoms with van der Waals surface area (Å²) in [5.74, 6) is -0.517. The minimum Gasteiger partial charge on any atom is -0.493 e. The van der Waals surface area contributed by atoms with Gasteiger partial charge in [0.1, 0.15) is 5.54 Å². The van der Waals surface area contributed by atoms with Crippen molar-refractivity contribution >= 4 is 11.9 Å². The quantitative estimate of drug-likeness (QED) is 0.898. The van der Waals surface area contributed by atoms with Gasteiger partial charge in [0.15, 0.2) is 11.5 Å². The minimum atomic E-state index is -1.31. The molecule has 0 bridgehead atoms. The highest BCUT2D eigenvalue weighted by Gasteiger charge is 2.36. The number of aliphatic carboxylic acids is 1. The number of hydrogen-bond donors (Lipinski definition) is 1. The highest BCUT2D eigenvalue weighted by molar-refractivity contribution is 5.99. The minimum absolute atomic E-state index is 0.379. The smallest absolute Gasteiger partial charge is 0.329 e. The Hall–Kier alpha value is -2.24. The summed E-state index contributed by atoms with van der Waals surface area (Å²) in [4.78, 5) is 25.0. The van der Waals surface area contributed by atoms with Crippen LogP contribution in [0.4, 0.5) is 0 Å². The van der Waals surface area contributed by atoms with E-state index in [1.807, 2.05) is 0 Å². The van der Waals surface area contributed by atoms with E-state index in [0.29, 0.717) is 22.6 Å². The summed E-state index contributed by atoms with van der Waals surface area (Å²) in [7, 11) is 4.46. The van der Waals surface area contributed by atoms with Crippen molar-refractivity contribution in [1.29, 1.82) is 0 Å². The van der Waals surface area contributed by atoms with E-state index >= 15 is 0 Å². The molecular formula is C15H21NO5. The first-order chi connectivity index (χ1) is 9.66. The molecule has 1 aromatic carbocycles. The van der Waals surface area contributed by atoms with Crippen molar-refractivity contribution in [3.63, 3.8) is 0 Å². The predicted molar refractivity (Wildman–Crippen MR) is 78.1 cm³/mol. The van der Waals surface area contributed by atoms with E-state index < -0.39 is 11.5 Å². The second kappa shape index (κ2) is 6.03. The fourth-order valence-corrected chi connectivity index (χ4v) is 1.79. The maximum Gasteiger partial charge on any atom is 0.329 e. The van der Waals surface area contributed by atoms with Crippen molar-refractivity contribution in [1.82, 2.24) is 4.90 Å². The van der Waals surface area contributed by atoms with E-state index in [2.05, 4.69) is 0 Å². The van der Waals surface area contributed by atoms with Crippen molar-refractivity contribution in [3.8, 4) is 11.5 Å². The van der Waals surface area contributed by atoms with E-state index in [9.17, 15) is 14.7 Å². The normalized spacial score (nSPS) is 11.0. The monoisotopic (exact) mass is 295 g/mol. The molecule has 0 spiro atoms. The molecular weight excluding hydrogens is 274 g/mol. The second-order valence-corrected chi connectivity index (χ2v) is 5.25. The van der Waals surface area contributed by atoms with Crippen LogP contribution >= 0.6 is 0 Å². The first-order valence-corrected chi connectivity index (χ1v) is 6.41. The molecule has 1 amide bonds. The Morgan fingerprint density at radius 2 is 1.62 bits per heavy atom. The molecule has 0 atom stereocenters. The lowest BCUT2D eigenvalue weighted by Crippen LogP contribution is -2.50. The molecule has 0 unspecified atom stereocenters. The van der Waals surface area contributed by atoms with Crippen molar-refractivity contribution in [2.75, 3.05) is 21.3 Å². The molecule has 1 aromatic rings. The van der Waals surface area contributed by atoms with Crippen LogP contribution in [0.25, 0.3) is 0 Å². The Bertz CT molecular complexity index is 565. The Balaban J connectivity index is 3.28. The molecule has 116 valence electrons. The van der Waals surface area contributed by atoms with Gasteiger partial charge in [-0.2, -0.15) is 0 Å². The molecule has 0 aromatic heterocycles. The molecule has 0 radical (unpaired) electrons. The van der Waals surface area contributed by atoms with E-state index in [0.717, 1.165) is 0 Å². The first kappa shape index (κ1) is 16.8. The summed E-state index contributed by atoms with van der Waals surface area (Å²) in [6, 6.07) is 3.25. The number of methoxy groups -OCH3 is 2. The van der Waals surface area contributed by atoms with Gasteiger partial charge in [0.2, 0.25) is 0 Å². The van der Waals surface area contributed by atoms with Crippen LogP contribution in [-0.4, -0.2) is 48.7 Å². The Morgan fingerprint density at radius 1 is 1.14 bits per heavy atom. The molecule has 6 nitrogen and oxygen atoms in total. The van der Waals surface area contributed by atoms with Gasteiger partial charge in [-0.15, -0.1) is 0 Å². The van der Waals surface area contributed by atoms with E-state index in [1.54, 1.807) is 19.1 Å².